The van der Waals surface area contributed by atoms with Crippen molar-refractivity contribution in [2.75, 3.05) is 17.2 Å². The summed E-state index contributed by atoms with van der Waals surface area (Å²) in [4.78, 5) is 18.6. The van der Waals surface area contributed by atoms with Gasteiger partial charge in [-0.25, -0.2) is 9.97 Å². The molecule has 0 radical (unpaired) electrons. The summed E-state index contributed by atoms with van der Waals surface area (Å²) < 4.78 is 0. The number of nitrogens with zero attached hydrogens (tertiary/aromatic N) is 2. The zero-order chi connectivity index (χ0) is 12.7. The number of nitrogens with one attached hydrogen (secondary N) is 2. The lowest BCUT2D eigenvalue weighted by atomic mass is 10.2. The van der Waals surface area contributed by atoms with Crippen LogP contribution in [-0.2, 0) is 4.79 Å². The Morgan fingerprint density at radius 1 is 1.47 bits per heavy atom. The molecule has 1 aromatic heterocycles. The Morgan fingerprint density at radius 2 is 2.18 bits per heavy atom. The Hall–Kier alpha value is -1.85. The Labute approximate surface area is 100 Å². The summed E-state index contributed by atoms with van der Waals surface area (Å²) in [5.41, 5.74) is 0. The third-order valence-electron chi connectivity index (χ3n) is 2.10. The van der Waals surface area contributed by atoms with Gasteiger partial charge in [-0.1, -0.05) is 6.92 Å². The van der Waals surface area contributed by atoms with Gasteiger partial charge < -0.3 is 15.7 Å². The van der Waals surface area contributed by atoms with E-state index in [2.05, 4.69) is 27.5 Å². The van der Waals surface area contributed by atoms with E-state index in [-0.39, 0.29) is 12.5 Å². The van der Waals surface area contributed by atoms with Crippen molar-refractivity contribution in [1.29, 1.82) is 0 Å². The molecular weight excluding hydrogens is 220 g/mol. The molecule has 0 saturated carbocycles. The number of anilines is 2. The van der Waals surface area contributed by atoms with Crippen LogP contribution in [0.2, 0.25) is 0 Å². The molecule has 94 valence electrons. The van der Waals surface area contributed by atoms with Gasteiger partial charge in [-0.05, 0) is 13.3 Å². The summed E-state index contributed by atoms with van der Waals surface area (Å²) in [6.45, 7) is 4.72. The van der Waals surface area contributed by atoms with E-state index in [1.54, 1.807) is 13.0 Å². The van der Waals surface area contributed by atoms with Crippen LogP contribution in [0.25, 0.3) is 0 Å². The normalized spacial score (nSPS) is 11.9. The SMILES string of the molecule is CCCNc1cc(NC(C)CC(=O)O)ncn1. The van der Waals surface area contributed by atoms with E-state index < -0.39 is 5.97 Å². The average molecular weight is 238 g/mol. The van der Waals surface area contributed by atoms with E-state index in [0.29, 0.717) is 5.82 Å². The minimum Gasteiger partial charge on any atom is -0.481 e. The average Bonchev–Trinajstić information content (AvgIpc) is 2.25. The maximum atomic E-state index is 10.5. The van der Waals surface area contributed by atoms with Crippen molar-refractivity contribution in [2.45, 2.75) is 32.7 Å². The van der Waals surface area contributed by atoms with Crippen molar-refractivity contribution < 1.29 is 9.90 Å². The number of carboxylic acids is 1. The van der Waals surface area contributed by atoms with Crippen LogP contribution in [0.5, 0.6) is 0 Å². The van der Waals surface area contributed by atoms with Crippen LogP contribution in [0.15, 0.2) is 12.4 Å². The lowest BCUT2D eigenvalue weighted by Gasteiger charge is -2.12. The van der Waals surface area contributed by atoms with Gasteiger partial charge in [0.15, 0.2) is 0 Å². The van der Waals surface area contributed by atoms with Gasteiger partial charge in [-0.15, -0.1) is 0 Å². The standard InChI is InChI=1S/C11H18N4O2/c1-3-4-12-9-6-10(14-7-13-9)15-8(2)5-11(16)17/h6-8H,3-5H2,1-2H3,(H,16,17)(H2,12,13,14,15). The molecule has 1 aromatic rings. The summed E-state index contributed by atoms with van der Waals surface area (Å²) in [6, 6.07) is 1.61. The topological polar surface area (TPSA) is 87.1 Å². The fourth-order valence-electron chi connectivity index (χ4n) is 1.35. The predicted octanol–water partition coefficient (Wildman–Crippen LogP) is 1.57. The fraction of sp³-hybridized carbons (Fsp3) is 0.545. The van der Waals surface area contributed by atoms with Crippen LogP contribution in [-0.4, -0.2) is 33.6 Å². The zero-order valence-electron chi connectivity index (χ0n) is 10.1. The zero-order valence-corrected chi connectivity index (χ0v) is 10.1. The highest BCUT2D eigenvalue weighted by Gasteiger charge is 2.08. The van der Waals surface area contributed by atoms with Gasteiger partial charge in [0.2, 0.25) is 0 Å². The van der Waals surface area contributed by atoms with Crippen molar-refractivity contribution in [2.24, 2.45) is 0 Å². The first-order valence-electron chi connectivity index (χ1n) is 5.66. The van der Waals surface area contributed by atoms with Crippen LogP contribution in [0.3, 0.4) is 0 Å². The van der Waals surface area contributed by atoms with E-state index >= 15 is 0 Å². The molecule has 6 nitrogen and oxygen atoms in total. The van der Waals surface area contributed by atoms with E-state index in [0.717, 1.165) is 18.8 Å². The molecule has 0 spiro atoms. The number of carbonyl (C=O) groups is 1. The highest BCUT2D eigenvalue weighted by atomic mass is 16.4. The minimum absolute atomic E-state index is 0.0573. The van der Waals surface area contributed by atoms with Crippen molar-refractivity contribution in [1.82, 2.24) is 9.97 Å². The molecule has 1 unspecified atom stereocenters. The van der Waals surface area contributed by atoms with E-state index in [1.807, 2.05) is 0 Å². The first-order valence-corrected chi connectivity index (χ1v) is 5.66. The molecule has 17 heavy (non-hydrogen) atoms. The quantitative estimate of drug-likeness (QED) is 0.668. The highest BCUT2D eigenvalue weighted by molar-refractivity contribution is 5.68. The first-order chi connectivity index (χ1) is 8.11. The summed E-state index contributed by atoms with van der Waals surface area (Å²) in [5.74, 6) is 0.544. The molecule has 0 aromatic carbocycles. The molecule has 1 heterocycles. The number of rotatable bonds is 7. The fourth-order valence-corrected chi connectivity index (χ4v) is 1.35. The summed E-state index contributed by atoms with van der Waals surface area (Å²) >= 11 is 0. The molecule has 1 atom stereocenters. The molecule has 0 aliphatic carbocycles. The molecular formula is C11H18N4O2. The number of carboxylic acid groups (broad SMARTS) is 1. The second kappa shape index (κ2) is 6.67. The van der Waals surface area contributed by atoms with E-state index in [9.17, 15) is 4.79 Å². The Morgan fingerprint density at radius 3 is 2.82 bits per heavy atom. The minimum atomic E-state index is -0.830. The number of aliphatic carboxylic acids is 1. The smallest absolute Gasteiger partial charge is 0.305 e. The third kappa shape index (κ3) is 5.14. The Kier molecular flexibility index (Phi) is 5.19. The maximum Gasteiger partial charge on any atom is 0.305 e. The molecule has 0 aliphatic heterocycles. The Bertz CT molecular complexity index is 370. The third-order valence-corrected chi connectivity index (χ3v) is 2.10. The van der Waals surface area contributed by atoms with Gasteiger partial charge in [0, 0.05) is 18.7 Å². The molecule has 0 fully saturated rings. The number of hydrogen-bond donors (Lipinski definition) is 3. The van der Waals surface area contributed by atoms with Crippen molar-refractivity contribution in [3.63, 3.8) is 0 Å². The monoisotopic (exact) mass is 238 g/mol. The van der Waals surface area contributed by atoms with E-state index in [1.165, 1.54) is 6.33 Å². The van der Waals surface area contributed by atoms with Crippen LogP contribution < -0.4 is 10.6 Å². The molecule has 0 amide bonds. The molecule has 1 rings (SSSR count). The van der Waals surface area contributed by atoms with Gasteiger partial charge >= 0.3 is 5.97 Å². The summed E-state index contributed by atoms with van der Waals surface area (Å²) in [5, 5.41) is 14.8. The summed E-state index contributed by atoms with van der Waals surface area (Å²) in [6.07, 6.45) is 2.53. The largest absolute Gasteiger partial charge is 0.481 e. The lowest BCUT2D eigenvalue weighted by molar-refractivity contribution is -0.137. The van der Waals surface area contributed by atoms with Crippen LogP contribution >= 0.6 is 0 Å². The molecule has 0 bridgehead atoms. The number of hydrogen-bond acceptors (Lipinski definition) is 5. The van der Waals surface area contributed by atoms with Crippen molar-refractivity contribution in [3.8, 4) is 0 Å². The van der Waals surface area contributed by atoms with Gasteiger partial charge in [0.25, 0.3) is 0 Å². The first kappa shape index (κ1) is 13.2. The van der Waals surface area contributed by atoms with E-state index in [4.69, 9.17) is 5.11 Å². The number of aromatic nitrogens is 2. The lowest BCUT2D eigenvalue weighted by Crippen LogP contribution is -2.20. The second-order valence-corrected chi connectivity index (χ2v) is 3.86. The molecule has 6 heteroatoms. The second-order valence-electron chi connectivity index (χ2n) is 3.86. The molecule has 0 aliphatic rings. The molecule has 0 saturated heterocycles. The van der Waals surface area contributed by atoms with Crippen molar-refractivity contribution in [3.05, 3.63) is 12.4 Å². The van der Waals surface area contributed by atoms with Gasteiger partial charge in [0.1, 0.15) is 18.0 Å². The Balaban J connectivity index is 2.55. The van der Waals surface area contributed by atoms with Crippen LogP contribution in [0.4, 0.5) is 11.6 Å². The van der Waals surface area contributed by atoms with Crippen LogP contribution in [0.1, 0.15) is 26.7 Å². The highest BCUT2D eigenvalue weighted by Crippen LogP contribution is 2.10. The van der Waals surface area contributed by atoms with Crippen LogP contribution in [0, 0.1) is 0 Å². The van der Waals surface area contributed by atoms with Gasteiger partial charge in [-0.3, -0.25) is 4.79 Å². The summed E-state index contributed by atoms with van der Waals surface area (Å²) in [7, 11) is 0. The maximum absolute atomic E-state index is 10.5. The predicted molar refractivity (Wildman–Crippen MR) is 66.2 cm³/mol. The van der Waals surface area contributed by atoms with Gasteiger partial charge in [0.05, 0.1) is 6.42 Å². The van der Waals surface area contributed by atoms with Gasteiger partial charge in [-0.2, -0.15) is 0 Å². The van der Waals surface area contributed by atoms with Crippen molar-refractivity contribution >= 4 is 17.6 Å². The molecule has 3 N–H and O–H groups in total.